The topological polar surface area (TPSA) is 67.1 Å². The summed E-state index contributed by atoms with van der Waals surface area (Å²) in [6.07, 6.45) is 8.51. The summed E-state index contributed by atoms with van der Waals surface area (Å²) in [4.78, 5) is 14.6. The van der Waals surface area contributed by atoms with Gasteiger partial charge in [-0.15, -0.1) is 11.3 Å². The number of benzene rings is 1. The smallest absolute Gasteiger partial charge is 0.191 e. The molecule has 0 unspecified atom stereocenters. The molecule has 0 aliphatic carbocycles. The van der Waals surface area contributed by atoms with Crippen molar-refractivity contribution >= 4 is 17.3 Å². The first-order valence-corrected chi connectivity index (χ1v) is 9.63. The van der Waals surface area contributed by atoms with E-state index in [0.29, 0.717) is 13.1 Å². The number of rotatable bonds is 7. The van der Waals surface area contributed by atoms with Gasteiger partial charge in [0.1, 0.15) is 5.01 Å². The van der Waals surface area contributed by atoms with Crippen molar-refractivity contribution in [3.63, 3.8) is 0 Å². The molecule has 0 amide bonds. The van der Waals surface area contributed by atoms with Crippen molar-refractivity contribution < 1.29 is 0 Å². The number of nitrogens with zero attached hydrogens (tertiary/aromatic N) is 4. The van der Waals surface area contributed by atoms with Gasteiger partial charge < -0.3 is 15.2 Å². The lowest BCUT2D eigenvalue weighted by molar-refractivity contribution is 0.810. The zero-order valence-corrected chi connectivity index (χ0v) is 16.0. The molecule has 1 aromatic carbocycles. The fourth-order valence-electron chi connectivity index (χ4n) is 2.56. The summed E-state index contributed by atoms with van der Waals surface area (Å²) in [5, 5.41) is 7.74. The first-order valence-electron chi connectivity index (χ1n) is 8.82. The molecule has 0 radical (unpaired) electrons. The minimum absolute atomic E-state index is 0.585. The molecular formula is C19H24N6S. The lowest BCUT2D eigenvalue weighted by Crippen LogP contribution is -2.36. The molecule has 0 fully saturated rings. The SMILES string of the molecule is CCNC(=NCc1ccccc1-n1ccnc1)NCc1ncc(CC)s1. The molecule has 3 aromatic rings. The van der Waals surface area contributed by atoms with Crippen molar-refractivity contribution in [1.29, 1.82) is 0 Å². The zero-order chi connectivity index (χ0) is 18.2. The van der Waals surface area contributed by atoms with Crippen molar-refractivity contribution in [1.82, 2.24) is 25.2 Å². The predicted octanol–water partition coefficient (Wildman–Crippen LogP) is 3.15. The van der Waals surface area contributed by atoms with Gasteiger partial charge in [-0.25, -0.2) is 15.0 Å². The van der Waals surface area contributed by atoms with Crippen LogP contribution in [0.25, 0.3) is 5.69 Å². The summed E-state index contributed by atoms with van der Waals surface area (Å²) in [6, 6.07) is 8.23. The monoisotopic (exact) mass is 368 g/mol. The van der Waals surface area contributed by atoms with E-state index in [1.807, 2.05) is 29.1 Å². The lowest BCUT2D eigenvalue weighted by atomic mass is 10.2. The number of guanidine groups is 1. The normalized spacial score (nSPS) is 11.5. The molecule has 0 spiro atoms. The maximum absolute atomic E-state index is 4.73. The fraction of sp³-hybridized carbons (Fsp3) is 0.316. The van der Waals surface area contributed by atoms with Gasteiger partial charge >= 0.3 is 0 Å². The summed E-state index contributed by atoms with van der Waals surface area (Å²) in [5.41, 5.74) is 2.24. The Balaban J connectivity index is 1.69. The van der Waals surface area contributed by atoms with Crippen LogP contribution < -0.4 is 10.6 Å². The van der Waals surface area contributed by atoms with Crippen LogP contribution in [0.4, 0.5) is 0 Å². The highest BCUT2D eigenvalue weighted by Gasteiger charge is 2.05. The zero-order valence-electron chi connectivity index (χ0n) is 15.1. The van der Waals surface area contributed by atoms with Crippen LogP contribution in [0.2, 0.25) is 0 Å². The maximum atomic E-state index is 4.73. The average Bonchev–Trinajstić information content (AvgIpc) is 3.36. The third kappa shape index (κ3) is 4.70. The number of hydrogen-bond donors (Lipinski definition) is 2. The number of nitrogens with one attached hydrogen (secondary N) is 2. The van der Waals surface area contributed by atoms with Crippen molar-refractivity contribution in [2.45, 2.75) is 33.4 Å². The minimum Gasteiger partial charge on any atom is -0.357 e. The molecule has 7 heteroatoms. The molecule has 2 N–H and O–H groups in total. The standard InChI is InChI=1S/C19H24N6S/c1-3-16-12-22-18(26-16)13-24-19(21-4-2)23-11-15-7-5-6-8-17(15)25-10-9-20-14-25/h5-10,12,14H,3-4,11,13H2,1-2H3,(H2,21,23,24). The van der Waals surface area contributed by atoms with E-state index in [2.05, 4.69) is 46.6 Å². The highest BCUT2D eigenvalue weighted by Crippen LogP contribution is 2.15. The van der Waals surface area contributed by atoms with E-state index in [4.69, 9.17) is 4.99 Å². The average molecular weight is 369 g/mol. The quantitative estimate of drug-likeness (QED) is 0.497. The second-order valence-corrected chi connectivity index (χ2v) is 6.92. The molecule has 0 aliphatic rings. The van der Waals surface area contributed by atoms with Crippen LogP contribution in [0.1, 0.15) is 29.3 Å². The van der Waals surface area contributed by atoms with Gasteiger partial charge in [0.25, 0.3) is 0 Å². The van der Waals surface area contributed by atoms with Gasteiger partial charge in [-0.05, 0) is 25.0 Å². The van der Waals surface area contributed by atoms with E-state index in [9.17, 15) is 0 Å². The summed E-state index contributed by atoms with van der Waals surface area (Å²) in [7, 11) is 0. The van der Waals surface area contributed by atoms with Crippen molar-refractivity contribution in [3.8, 4) is 5.69 Å². The Kier molecular flexibility index (Phi) is 6.38. The minimum atomic E-state index is 0.585. The maximum Gasteiger partial charge on any atom is 0.191 e. The Labute approximate surface area is 158 Å². The number of imidazole rings is 1. The number of aryl methyl sites for hydroxylation is 1. The number of hydrogen-bond acceptors (Lipinski definition) is 4. The Bertz CT molecular complexity index is 837. The van der Waals surface area contributed by atoms with Gasteiger partial charge in [-0.1, -0.05) is 25.1 Å². The molecule has 136 valence electrons. The molecule has 0 atom stereocenters. The van der Waals surface area contributed by atoms with Gasteiger partial charge in [0.05, 0.1) is 25.1 Å². The van der Waals surface area contributed by atoms with Gasteiger partial charge in [0.2, 0.25) is 0 Å². The molecule has 26 heavy (non-hydrogen) atoms. The second-order valence-electron chi connectivity index (χ2n) is 5.72. The Morgan fingerprint density at radius 1 is 1.23 bits per heavy atom. The van der Waals surface area contributed by atoms with Gasteiger partial charge in [-0.3, -0.25) is 0 Å². The first kappa shape index (κ1) is 18.1. The Morgan fingerprint density at radius 3 is 2.85 bits per heavy atom. The Morgan fingerprint density at radius 2 is 2.12 bits per heavy atom. The van der Waals surface area contributed by atoms with E-state index in [-0.39, 0.29) is 0 Å². The van der Waals surface area contributed by atoms with E-state index >= 15 is 0 Å². The Hall–Kier alpha value is -2.67. The van der Waals surface area contributed by atoms with Crippen LogP contribution in [0.5, 0.6) is 0 Å². The van der Waals surface area contributed by atoms with Crippen LogP contribution in [0.3, 0.4) is 0 Å². The molecule has 0 bridgehead atoms. The predicted molar refractivity (Wildman–Crippen MR) is 107 cm³/mol. The summed E-state index contributed by atoms with van der Waals surface area (Å²) in [5.74, 6) is 0.793. The van der Waals surface area contributed by atoms with Crippen LogP contribution in [0.15, 0.2) is 54.2 Å². The molecule has 0 saturated carbocycles. The summed E-state index contributed by atoms with van der Waals surface area (Å²) >= 11 is 1.74. The van der Waals surface area contributed by atoms with Crippen molar-refractivity contribution in [3.05, 3.63) is 64.6 Å². The van der Waals surface area contributed by atoms with E-state index < -0.39 is 0 Å². The van der Waals surface area contributed by atoms with Crippen LogP contribution in [0, 0.1) is 0 Å². The van der Waals surface area contributed by atoms with E-state index in [1.165, 1.54) is 4.88 Å². The second kappa shape index (κ2) is 9.15. The first-order chi connectivity index (χ1) is 12.8. The highest BCUT2D eigenvalue weighted by molar-refractivity contribution is 7.11. The molecule has 6 nitrogen and oxygen atoms in total. The summed E-state index contributed by atoms with van der Waals surface area (Å²) in [6.45, 7) is 6.29. The third-order valence-corrected chi connectivity index (χ3v) is 5.02. The van der Waals surface area contributed by atoms with Crippen LogP contribution in [-0.4, -0.2) is 27.0 Å². The van der Waals surface area contributed by atoms with Crippen molar-refractivity contribution in [2.24, 2.45) is 4.99 Å². The number of aromatic nitrogens is 3. The third-order valence-electron chi connectivity index (χ3n) is 3.88. The highest BCUT2D eigenvalue weighted by atomic mass is 32.1. The van der Waals surface area contributed by atoms with E-state index in [1.54, 1.807) is 23.9 Å². The number of para-hydroxylation sites is 1. The largest absolute Gasteiger partial charge is 0.357 e. The van der Waals surface area contributed by atoms with Gasteiger partial charge in [-0.2, -0.15) is 0 Å². The molecule has 3 rings (SSSR count). The molecule has 2 aromatic heterocycles. The fourth-order valence-corrected chi connectivity index (χ4v) is 3.36. The van der Waals surface area contributed by atoms with Gasteiger partial charge in [0.15, 0.2) is 5.96 Å². The van der Waals surface area contributed by atoms with Crippen LogP contribution >= 0.6 is 11.3 Å². The lowest BCUT2D eigenvalue weighted by Gasteiger charge is -2.12. The summed E-state index contributed by atoms with van der Waals surface area (Å²) < 4.78 is 2.01. The van der Waals surface area contributed by atoms with Crippen LogP contribution in [-0.2, 0) is 19.5 Å². The molecule has 0 saturated heterocycles. The van der Waals surface area contributed by atoms with Gasteiger partial charge in [0, 0.05) is 30.0 Å². The van der Waals surface area contributed by atoms with Crippen molar-refractivity contribution in [2.75, 3.05) is 6.54 Å². The molecule has 2 heterocycles. The number of thiazole rings is 1. The van der Waals surface area contributed by atoms with E-state index in [0.717, 1.165) is 35.2 Å². The number of aliphatic imine (C=N–C) groups is 1. The molecular weight excluding hydrogens is 344 g/mol. The molecule has 0 aliphatic heterocycles.